The van der Waals surface area contributed by atoms with Crippen LogP contribution in [-0.4, -0.2) is 39.3 Å². The molecule has 1 N–H and O–H groups in total. The molecule has 4 fully saturated rings. The van der Waals surface area contributed by atoms with E-state index >= 15 is 0 Å². The van der Waals surface area contributed by atoms with Crippen LogP contribution in [0.2, 0.25) is 5.28 Å². The van der Waals surface area contributed by atoms with Gasteiger partial charge in [-0.2, -0.15) is 10.2 Å². The van der Waals surface area contributed by atoms with Gasteiger partial charge in [-0.3, -0.25) is 14.3 Å². The van der Waals surface area contributed by atoms with Gasteiger partial charge in [-0.15, -0.1) is 5.10 Å². The van der Waals surface area contributed by atoms with Crippen LogP contribution in [0.1, 0.15) is 57.0 Å². The highest BCUT2D eigenvalue weighted by Gasteiger charge is 2.61. The van der Waals surface area contributed by atoms with Crippen LogP contribution in [-0.2, 0) is 17.5 Å². The smallest absolute Gasteiger partial charge is 0.242 e. The number of hydrogen-bond acceptors (Lipinski definition) is 5. The lowest BCUT2D eigenvalue weighted by atomic mass is 9.46. The minimum absolute atomic E-state index is 0.0309. The fourth-order valence-electron chi connectivity index (χ4n) is 7.07. The minimum atomic E-state index is -0.0364. The van der Waals surface area contributed by atoms with Crippen molar-refractivity contribution in [1.29, 1.82) is 0 Å². The Morgan fingerprint density at radius 1 is 1.27 bits per heavy atom. The van der Waals surface area contributed by atoms with Gasteiger partial charge in [-0.25, -0.2) is 9.67 Å². The number of aromatic nitrogens is 8. The predicted octanol–water partition coefficient (Wildman–Crippen LogP) is 3.95. The molecular weight excluding hydrogens is 420 g/mol. The second-order valence-electron chi connectivity index (χ2n) is 9.54. The Balaban J connectivity index is 1.50. The van der Waals surface area contributed by atoms with Crippen molar-refractivity contribution in [3.63, 3.8) is 0 Å². The first-order valence-electron chi connectivity index (χ1n) is 10.7. The molecule has 0 aliphatic heterocycles. The number of hydrogen-bond donors (Lipinski definition) is 1. The van der Waals surface area contributed by atoms with E-state index in [-0.39, 0.29) is 11.0 Å². The lowest BCUT2D eigenvalue weighted by molar-refractivity contribution is -0.0722. The van der Waals surface area contributed by atoms with Gasteiger partial charge in [0.2, 0.25) is 5.28 Å². The third-order valence-electron chi connectivity index (χ3n) is 7.74. The zero-order valence-corrected chi connectivity index (χ0v) is 18.7. The molecule has 0 spiro atoms. The number of rotatable bonds is 4. The lowest BCUT2D eigenvalue weighted by Crippen LogP contribution is -2.59. The molecule has 4 bridgehead atoms. The standard InChI is InChI=1S/C20H25ClN8S/c1-3-27-12(2)15(9-23-27)29-16(24-25-18(29)30)19-5-13-4-14(6-19)8-20(7-13,10-19)28-11-22-17(21)26-28/h9,11,13-14H,3-8,10H2,1-2H3,(H,25,30)/t13-,14-,19?,20?/m1/s1. The molecule has 10 heteroatoms. The largest absolute Gasteiger partial charge is 0.268 e. The summed E-state index contributed by atoms with van der Waals surface area (Å²) < 4.78 is 6.83. The molecule has 3 aromatic heterocycles. The van der Waals surface area contributed by atoms with Crippen LogP contribution in [0.5, 0.6) is 0 Å². The molecule has 3 heterocycles. The maximum atomic E-state index is 6.11. The third-order valence-corrected chi connectivity index (χ3v) is 8.19. The third kappa shape index (κ3) is 2.48. The Kier molecular flexibility index (Phi) is 3.91. The lowest BCUT2D eigenvalue weighted by Gasteiger charge is -2.61. The number of halogens is 1. The van der Waals surface area contributed by atoms with Crippen molar-refractivity contribution in [3.8, 4) is 5.69 Å². The van der Waals surface area contributed by atoms with E-state index in [9.17, 15) is 0 Å². The molecular formula is C20H25ClN8S. The van der Waals surface area contributed by atoms with Crippen LogP contribution in [0, 0.1) is 23.5 Å². The second kappa shape index (κ2) is 6.26. The molecule has 30 heavy (non-hydrogen) atoms. The number of aromatic amines is 1. The van der Waals surface area contributed by atoms with Crippen molar-refractivity contribution in [1.82, 2.24) is 39.3 Å². The fourth-order valence-corrected chi connectivity index (χ4v) is 7.42. The van der Waals surface area contributed by atoms with Crippen LogP contribution in [0.4, 0.5) is 0 Å². The van der Waals surface area contributed by atoms with Crippen LogP contribution in [0.3, 0.4) is 0 Å². The first kappa shape index (κ1) is 18.7. The van der Waals surface area contributed by atoms with Gasteiger partial charge in [0.05, 0.1) is 23.1 Å². The molecule has 4 aliphatic rings. The van der Waals surface area contributed by atoms with Crippen molar-refractivity contribution >= 4 is 23.8 Å². The Hall–Kier alpha value is -2.00. The van der Waals surface area contributed by atoms with Crippen LogP contribution in [0.15, 0.2) is 12.5 Å². The molecule has 4 saturated carbocycles. The Morgan fingerprint density at radius 3 is 2.67 bits per heavy atom. The van der Waals surface area contributed by atoms with E-state index in [4.69, 9.17) is 28.9 Å². The van der Waals surface area contributed by atoms with E-state index in [1.807, 2.05) is 21.9 Å². The van der Waals surface area contributed by atoms with E-state index in [0.717, 1.165) is 55.9 Å². The van der Waals surface area contributed by atoms with Crippen molar-refractivity contribution in [3.05, 3.63) is 34.1 Å². The van der Waals surface area contributed by atoms with Gasteiger partial charge in [0.25, 0.3) is 0 Å². The van der Waals surface area contributed by atoms with Gasteiger partial charge in [0.1, 0.15) is 12.2 Å². The van der Waals surface area contributed by atoms with Gasteiger partial charge in [-0.05, 0) is 88.0 Å². The normalized spacial score (nSPS) is 32.2. The van der Waals surface area contributed by atoms with E-state index in [0.29, 0.717) is 21.9 Å². The molecule has 8 nitrogen and oxygen atoms in total. The van der Waals surface area contributed by atoms with Crippen molar-refractivity contribution in [2.45, 2.75) is 69.9 Å². The van der Waals surface area contributed by atoms with Crippen LogP contribution in [0.25, 0.3) is 5.69 Å². The molecule has 0 radical (unpaired) electrons. The van der Waals surface area contributed by atoms with Gasteiger partial charge in [0.15, 0.2) is 4.77 Å². The molecule has 158 valence electrons. The van der Waals surface area contributed by atoms with E-state index < -0.39 is 0 Å². The monoisotopic (exact) mass is 444 g/mol. The molecule has 0 aromatic carbocycles. The summed E-state index contributed by atoms with van der Waals surface area (Å²) in [6.45, 7) is 5.03. The molecule has 0 saturated heterocycles. The zero-order valence-electron chi connectivity index (χ0n) is 17.2. The summed E-state index contributed by atoms with van der Waals surface area (Å²) >= 11 is 11.8. The van der Waals surface area contributed by atoms with Crippen molar-refractivity contribution < 1.29 is 0 Å². The number of nitrogens with zero attached hydrogens (tertiary/aromatic N) is 7. The van der Waals surface area contributed by atoms with Gasteiger partial charge in [0, 0.05) is 12.0 Å². The average molecular weight is 445 g/mol. The highest BCUT2D eigenvalue weighted by Crippen LogP contribution is 2.64. The van der Waals surface area contributed by atoms with Gasteiger partial charge < -0.3 is 0 Å². The first-order chi connectivity index (χ1) is 14.4. The highest BCUT2D eigenvalue weighted by atomic mass is 35.5. The van der Waals surface area contributed by atoms with Crippen molar-refractivity contribution in [2.75, 3.05) is 0 Å². The average Bonchev–Trinajstić information content (AvgIpc) is 3.39. The SMILES string of the molecule is CCn1ncc(-n2c(C34C[C@H]5C[C@H](C3)CC(n3cnc(Cl)n3)(C5)C4)n[nH]c2=S)c1C. The molecule has 3 aromatic rings. The second-order valence-corrected chi connectivity index (χ2v) is 10.3. The summed E-state index contributed by atoms with van der Waals surface area (Å²) in [7, 11) is 0. The number of nitrogens with one attached hydrogen (secondary N) is 1. The fraction of sp³-hybridized carbons (Fsp3) is 0.650. The maximum Gasteiger partial charge on any atom is 0.242 e. The summed E-state index contributed by atoms with van der Waals surface area (Å²) in [6, 6.07) is 0. The summed E-state index contributed by atoms with van der Waals surface area (Å²) in [5, 5.41) is 17.3. The summed E-state index contributed by atoms with van der Waals surface area (Å²) in [5.74, 6) is 2.37. The number of aryl methyl sites for hydroxylation is 1. The van der Waals surface area contributed by atoms with Gasteiger partial charge >= 0.3 is 0 Å². The summed E-state index contributed by atoms with van der Waals surface area (Å²) in [4.78, 5) is 4.22. The quantitative estimate of drug-likeness (QED) is 0.616. The maximum absolute atomic E-state index is 6.11. The topological polar surface area (TPSA) is 82.1 Å². The Labute approximate surface area is 184 Å². The molecule has 0 amide bonds. The van der Waals surface area contributed by atoms with Crippen LogP contribution < -0.4 is 0 Å². The predicted molar refractivity (Wildman–Crippen MR) is 114 cm³/mol. The molecule has 2 atom stereocenters. The summed E-state index contributed by atoms with van der Waals surface area (Å²) in [6.07, 6.45) is 10.6. The van der Waals surface area contributed by atoms with E-state index in [1.165, 1.54) is 6.42 Å². The summed E-state index contributed by atoms with van der Waals surface area (Å²) in [5.41, 5.74) is 2.07. The van der Waals surface area contributed by atoms with Gasteiger partial charge in [-0.1, -0.05) is 0 Å². The van der Waals surface area contributed by atoms with E-state index in [1.54, 1.807) is 0 Å². The first-order valence-corrected chi connectivity index (χ1v) is 11.5. The molecule has 7 rings (SSSR count). The Bertz CT molecular complexity index is 1170. The Morgan fingerprint density at radius 2 is 2.03 bits per heavy atom. The molecule has 4 aliphatic carbocycles. The van der Waals surface area contributed by atoms with E-state index in [2.05, 4.69) is 38.7 Å². The minimum Gasteiger partial charge on any atom is -0.268 e. The zero-order chi connectivity index (χ0) is 20.7. The number of H-pyrrole nitrogens is 1. The van der Waals surface area contributed by atoms with Crippen LogP contribution >= 0.6 is 23.8 Å². The molecule has 0 unspecified atom stereocenters. The van der Waals surface area contributed by atoms with Crippen molar-refractivity contribution in [2.24, 2.45) is 11.8 Å². The highest BCUT2D eigenvalue weighted by molar-refractivity contribution is 7.71.